The fourth-order valence-electron chi connectivity index (χ4n) is 3.27. The standard InChI is InChI=1S/C22H21N5O4/c1-13-3-6-19-23-8-18(27(19)9-13)22(28)24-17-7-15(5-4-14(17)2)21-25-20(31-26-21)12-30-16-10-29-11-16/h3-9,16H,10-12H2,1-2H3,(H,24,28). The Labute approximate surface area is 178 Å². The zero-order valence-corrected chi connectivity index (χ0v) is 17.2. The minimum absolute atomic E-state index is 0.0833. The van der Waals surface area contributed by atoms with Gasteiger partial charge in [0.25, 0.3) is 11.8 Å². The minimum atomic E-state index is -0.247. The van der Waals surface area contributed by atoms with E-state index in [0.717, 1.165) is 22.3 Å². The number of benzene rings is 1. The number of aromatic nitrogens is 4. The van der Waals surface area contributed by atoms with Crippen LogP contribution in [-0.4, -0.2) is 44.8 Å². The molecule has 1 amide bonds. The molecule has 9 nitrogen and oxygen atoms in total. The molecule has 9 heteroatoms. The highest BCUT2D eigenvalue weighted by Gasteiger charge is 2.20. The van der Waals surface area contributed by atoms with Gasteiger partial charge in [-0.25, -0.2) is 4.98 Å². The molecule has 1 aromatic carbocycles. The van der Waals surface area contributed by atoms with Crippen molar-refractivity contribution in [3.05, 3.63) is 65.4 Å². The van der Waals surface area contributed by atoms with Crippen molar-refractivity contribution >= 4 is 17.2 Å². The number of hydrogen-bond donors (Lipinski definition) is 1. The van der Waals surface area contributed by atoms with E-state index < -0.39 is 0 Å². The number of pyridine rings is 1. The lowest BCUT2D eigenvalue weighted by molar-refractivity contribution is -0.139. The van der Waals surface area contributed by atoms with Crippen LogP contribution in [0, 0.1) is 13.8 Å². The maximum absolute atomic E-state index is 12.9. The lowest BCUT2D eigenvalue weighted by Gasteiger charge is -2.25. The van der Waals surface area contributed by atoms with Crippen LogP contribution in [0.25, 0.3) is 17.0 Å². The number of nitrogens with one attached hydrogen (secondary N) is 1. The molecule has 31 heavy (non-hydrogen) atoms. The Morgan fingerprint density at radius 2 is 2.13 bits per heavy atom. The highest BCUT2D eigenvalue weighted by molar-refractivity contribution is 6.04. The molecule has 3 aromatic heterocycles. The van der Waals surface area contributed by atoms with E-state index in [1.807, 2.05) is 50.4 Å². The van der Waals surface area contributed by atoms with Crippen LogP contribution in [0.3, 0.4) is 0 Å². The highest BCUT2D eigenvalue weighted by atomic mass is 16.6. The first kappa shape index (κ1) is 19.4. The van der Waals surface area contributed by atoms with E-state index >= 15 is 0 Å². The van der Waals surface area contributed by atoms with Crippen molar-refractivity contribution in [3.63, 3.8) is 0 Å². The molecule has 1 saturated heterocycles. The summed E-state index contributed by atoms with van der Waals surface area (Å²) in [6, 6.07) is 9.46. The predicted octanol–water partition coefficient (Wildman–Crippen LogP) is 3.17. The van der Waals surface area contributed by atoms with E-state index in [0.29, 0.717) is 36.3 Å². The van der Waals surface area contributed by atoms with Gasteiger partial charge in [-0.1, -0.05) is 23.4 Å². The van der Waals surface area contributed by atoms with E-state index in [4.69, 9.17) is 14.0 Å². The second-order valence-electron chi connectivity index (χ2n) is 7.54. The van der Waals surface area contributed by atoms with Gasteiger partial charge in [-0.3, -0.25) is 9.20 Å². The summed E-state index contributed by atoms with van der Waals surface area (Å²) in [5, 5.41) is 7.01. The number of amides is 1. The SMILES string of the molecule is Cc1ccc2ncc(C(=O)Nc3cc(-c4noc(COC5COC5)n4)ccc3C)n2c1. The summed E-state index contributed by atoms with van der Waals surface area (Å²) in [4.78, 5) is 21.6. The summed E-state index contributed by atoms with van der Waals surface area (Å²) in [7, 11) is 0. The Kier molecular flexibility index (Phi) is 4.97. The Morgan fingerprint density at radius 1 is 1.26 bits per heavy atom. The van der Waals surface area contributed by atoms with Crippen molar-refractivity contribution in [2.75, 3.05) is 18.5 Å². The van der Waals surface area contributed by atoms with Crippen molar-refractivity contribution < 1.29 is 18.8 Å². The van der Waals surface area contributed by atoms with E-state index in [1.54, 1.807) is 10.6 Å². The van der Waals surface area contributed by atoms with Crippen LogP contribution in [0.4, 0.5) is 5.69 Å². The number of anilines is 1. The van der Waals surface area contributed by atoms with Gasteiger partial charge in [-0.2, -0.15) is 4.98 Å². The lowest BCUT2D eigenvalue weighted by atomic mass is 10.1. The number of aryl methyl sites for hydroxylation is 2. The maximum Gasteiger partial charge on any atom is 0.274 e. The van der Waals surface area contributed by atoms with Crippen molar-refractivity contribution in [2.24, 2.45) is 0 Å². The molecule has 158 valence electrons. The van der Waals surface area contributed by atoms with Gasteiger partial charge in [0.15, 0.2) is 0 Å². The van der Waals surface area contributed by atoms with Crippen LogP contribution in [0.5, 0.6) is 0 Å². The largest absolute Gasteiger partial charge is 0.376 e. The molecule has 1 fully saturated rings. The third-order valence-corrected chi connectivity index (χ3v) is 5.15. The number of fused-ring (bicyclic) bond motifs is 1. The monoisotopic (exact) mass is 419 g/mol. The third-order valence-electron chi connectivity index (χ3n) is 5.15. The fourth-order valence-corrected chi connectivity index (χ4v) is 3.27. The normalized spacial score (nSPS) is 14.0. The molecule has 0 saturated carbocycles. The third kappa shape index (κ3) is 3.92. The van der Waals surface area contributed by atoms with Gasteiger partial charge in [-0.15, -0.1) is 0 Å². The van der Waals surface area contributed by atoms with Gasteiger partial charge in [0.1, 0.15) is 24.1 Å². The number of imidazole rings is 1. The Hall–Kier alpha value is -3.56. The zero-order chi connectivity index (χ0) is 21.4. The smallest absolute Gasteiger partial charge is 0.274 e. The molecule has 4 aromatic rings. The van der Waals surface area contributed by atoms with E-state index in [-0.39, 0.29) is 18.6 Å². The number of rotatable bonds is 6. The highest BCUT2D eigenvalue weighted by Crippen LogP contribution is 2.24. The topological polar surface area (TPSA) is 104 Å². The molecule has 0 spiro atoms. The van der Waals surface area contributed by atoms with Crippen LogP contribution >= 0.6 is 0 Å². The van der Waals surface area contributed by atoms with Crippen molar-refractivity contribution in [3.8, 4) is 11.4 Å². The predicted molar refractivity (Wildman–Crippen MR) is 112 cm³/mol. The van der Waals surface area contributed by atoms with Gasteiger partial charge < -0.3 is 19.3 Å². The number of ether oxygens (including phenoxy) is 2. The van der Waals surface area contributed by atoms with E-state index in [9.17, 15) is 4.79 Å². The summed E-state index contributed by atoms with van der Waals surface area (Å²) in [5.74, 6) is 0.585. The molecule has 0 radical (unpaired) electrons. The molecule has 0 atom stereocenters. The second-order valence-corrected chi connectivity index (χ2v) is 7.54. The zero-order valence-electron chi connectivity index (χ0n) is 17.2. The van der Waals surface area contributed by atoms with Crippen molar-refractivity contribution in [2.45, 2.75) is 26.6 Å². The van der Waals surface area contributed by atoms with E-state index in [1.165, 1.54) is 0 Å². The first-order valence-electron chi connectivity index (χ1n) is 9.95. The van der Waals surface area contributed by atoms with Crippen LogP contribution < -0.4 is 5.32 Å². The van der Waals surface area contributed by atoms with Gasteiger partial charge in [-0.05, 0) is 37.1 Å². The molecule has 0 unspecified atom stereocenters. The van der Waals surface area contributed by atoms with E-state index in [2.05, 4.69) is 20.4 Å². The summed E-state index contributed by atoms with van der Waals surface area (Å²) < 4.78 is 17.7. The van der Waals surface area contributed by atoms with Gasteiger partial charge in [0.2, 0.25) is 5.82 Å². The molecule has 0 aliphatic carbocycles. The number of carbonyl (C=O) groups is 1. The first-order valence-corrected chi connectivity index (χ1v) is 9.95. The summed E-state index contributed by atoms with van der Waals surface area (Å²) in [6.45, 7) is 5.32. The fraction of sp³-hybridized carbons (Fsp3) is 0.273. The summed E-state index contributed by atoms with van der Waals surface area (Å²) in [5.41, 5.74) is 4.54. The Bertz CT molecular complexity index is 1260. The van der Waals surface area contributed by atoms with Crippen LogP contribution in [0.15, 0.2) is 47.2 Å². The average Bonchev–Trinajstić information content (AvgIpc) is 3.35. The summed E-state index contributed by atoms with van der Waals surface area (Å²) in [6.07, 6.45) is 3.54. The van der Waals surface area contributed by atoms with Crippen molar-refractivity contribution in [1.29, 1.82) is 0 Å². The molecule has 0 bridgehead atoms. The maximum atomic E-state index is 12.9. The molecular formula is C22H21N5O4. The molecule has 1 N–H and O–H groups in total. The van der Waals surface area contributed by atoms with Gasteiger partial charge in [0, 0.05) is 17.4 Å². The first-order chi connectivity index (χ1) is 15.1. The number of carbonyl (C=O) groups excluding carboxylic acids is 1. The lowest BCUT2D eigenvalue weighted by Crippen LogP contribution is -2.35. The van der Waals surface area contributed by atoms with Crippen LogP contribution in [0.1, 0.15) is 27.5 Å². The van der Waals surface area contributed by atoms with Crippen molar-refractivity contribution in [1.82, 2.24) is 19.5 Å². The quantitative estimate of drug-likeness (QED) is 0.512. The molecule has 1 aliphatic heterocycles. The minimum Gasteiger partial charge on any atom is -0.376 e. The van der Waals surface area contributed by atoms with Crippen LogP contribution in [-0.2, 0) is 16.1 Å². The number of nitrogens with zero attached hydrogens (tertiary/aromatic N) is 4. The second kappa shape index (κ2) is 7.93. The van der Waals surface area contributed by atoms with Gasteiger partial charge >= 0.3 is 0 Å². The molecule has 4 heterocycles. The average molecular weight is 419 g/mol. The van der Waals surface area contributed by atoms with Gasteiger partial charge in [0.05, 0.1) is 19.4 Å². The Morgan fingerprint density at radius 3 is 2.94 bits per heavy atom. The Balaban J connectivity index is 1.35. The molecule has 5 rings (SSSR count). The molecule has 1 aliphatic rings. The molecular weight excluding hydrogens is 398 g/mol. The summed E-state index contributed by atoms with van der Waals surface area (Å²) >= 11 is 0. The van der Waals surface area contributed by atoms with Crippen LogP contribution in [0.2, 0.25) is 0 Å². The number of hydrogen-bond acceptors (Lipinski definition) is 7.